The summed E-state index contributed by atoms with van der Waals surface area (Å²) < 4.78 is 1.96. The van der Waals surface area contributed by atoms with Gasteiger partial charge in [-0.2, -0.15) is 10.4 Å². The molecule has 1 amide bonds. The van der Waals surface area contributed by atoms with Crippen LogP contribution in [0.15, 0.2) is 48.8 Å². The Labute approximate surface area is 225 Å². The number of nitrogens with zero attached hydrogens (tertiary/aromatic N) is 5. The van der Waals surface area contributed by atoms with Gasteiger partial charge in [0, 0.05) is 80.8 Å². The van der Waals surface area contributed by atoms with Gasteiger partial charge >= 0.3 is 0 Å². The fourth-order valence-electron chi connectivity index (χ4n) is 5.67. The minimum atomic E-state index is 0.0882. The first-order chi connectivity index (χ1) is 18.5. The molecule has 2 aliphatic rings. The summed E-state index contributed by atoms with van der Waals surface area (Å²) in [6, 6.07) is 15.7. The standard InChI is InChI=1S/C30H39N7O/c1-22(2)32-13-14-33-27-9-7-24(8-10-27)26-19-29-28(11-12-34-37(29)21-26)35-15-17-36(18-16-35)30(38)25-5-3-23(20-31)4-6-25/h7-12,19,21-23,25,32-33H,3-6,13-18H2,1-2H3/t23-,25-. The van der Waals surface area contributed by atoms with E-state index in [1.165, 1.54) is 0 Å². The Morgan fingerprint density at radius 3 is 2.45 bits per heavy atom. The summed E-state index contributed by atoms with van der Waals surface area (Å²) in [5.41, 5.74) is 5.66. The number of fused-ring (bicyclic) bond motifs is 1. The lowest BCUT2D eigenvalue weighted by atomic mass is 9.82. The SMILES string of the molecule is CC(C)NCCNc1ccc(-c2cc3c(N4CCN(C(=O)[C@H]5CC[C@H](C#N)CC5)CC4)ccnn3c2)cc1. The maximum absolute atomic E-state index is 13.1. The van der Waals surface area contributed by atoms with E-state index in [1.54, 1.807) is 0 Å². The van der Waals surface area contributed by atoms with Crippen molar-refractivity contribution in [2.75, 3.05) is 49.5 Å². The van der Waals surface area contributed by atoms with Gasteiger partial charge in [0.2, 0.25) is 5.91 Å². The summed E-state index contributed by atoms with van der Waals surface area (Å²) in [6.07, 6.45) is 7.35. The molecule has 0 atom stereocenters. The third kappa shape index (κ3) is 5.94. The van der Waals surface area contributed by atoms with Gasteiger partial charge in [0.1, 0.15) is 0 Å². The van der Waals surface area contributed by atoms with Crippen LogP contribution >= 0.6 is 0 Å². The van der Waals surface area contributed by atoms with Crippen LogP contribution in [0.5, 0.6) is 0 Å². The molecule has 1 saturated heterocycles. The van der Waals surface area contributed by atoms with Crippen LogP contribution in [-0.4, -0.2) is 65.7 Å². The number of hydrogen-bond acceptors (Lipinski definition) is 6. The molecule has 1 saturated carbocycles. The van der Waals surface area contributed by atoms with Crippen molar-refractivity contribution in [1.29, 1.82) is 5.26 Å². The van der Waals surface area contributed by atoms with Gasteiger partial charge in [-0.05, 0) is 55.5 Å². The number of piperazine rings is 1. The predicted octanol–water partition coefficient (Wildman–Crippen LogP) is 4.39. The van der Waals surface area contributed by atoms with Crippen LogP contribution in [0.2, 0.25) is 0 Å². The number of carbonyl (C=O) groups is 1. The molecule has 38 heavy (non-hydrogen) atoms. The van der Waals surface area contributed by atoms with Gasteiger partial charge in [-0.25, -0.2) is 4.52 Å². The van der Waals surface area contributed by atoms with Crippen LogP contribution in [0.1, 0.15) is 39.5 Å². The Morgan fingerprint density at radius 2 is 1.76 bits per heavy atom. The van der Waals surface area contributed by atoms with Crippen LogP contribution in [-0.2, 0) is 4.79 Å². The minimum Gasteiger partial charge on any atom is -0.384 e. The summed E-state index contributed by atoms with van der Waals surface area (Å²) in [5, 5.41) is 20.6. The van der Waals surface area contributed by atoms with Crippen LogP contribution in [0.4, 0.5) is 11.4 Å². The number of benzene rings is 1. The fourth-order valence-corrected chi connectivity index (χ4v) is 5.67. The highest BCUT2D eigenvalue weighted by Crippen LogP contribution is 2.32. The van der Waals surface area contributed by atoms with Gasteiger partial charge in [0.05, 0.1) is 17.3 Å². The van der Waals surface area contributed by atoms with Crippen LogP contribution < -0.4 is 15.5 Å². The van der Waals surface area contributed by atoms with Crippen LogP contribution in [0.3, 0.4) is 0 Å². The molecular weight excluding hydrogens is 474 g/mol. The van der Waals surface area contributed by atoms with E-state index in [9.17, 15) is 4.79 Å². The lowest BCUT2D eigenvalue weighted by Gasteiger charge is -2.38. The second kappa shape index (κ2) is 11.9. The predicted molar refractivity (Wildman–Crippen MR) is 152 cm³/mol. The molecular formula is C30H39N7O. The minimum absolute atomic E-state index is 0.0882. The number of anilines is 2. The number of hydrogen-bond donors (Lipinski definition) is 2. The molecule has 200 valence electrons. The van der Waals surface area contributed by atoms with Crippen LogP contribution in [0.25, 0.3) is 16.6 Å². The molecule has 2 N–H and O–H groups in total. The summed E-state index contributed by atoms with van der Waals surface area (Å²) >= 11 is 0. The van der Waals surface area contributed by atoms with Crippen molar-refractivity contribution in [3.8, 4) is 17.2 Å². The maximum atomic E-state index is 13.1. The third-order valence-corrected chi connectivity index (χ3v) is 7.90. The van der Waals surface area contributed by atoms with Crippen molar-refractivity contribution >= 4 is 22.8 Å². The van der Waals surface area contributed by atoms with Crippen molar-refractivity contribution in [3.63, 3.8) is 0 Å². The second-order valence-corrected chi connectivity index (χ2v) is 10.9. The first-order valence-corrected chi connectivity index (χ1v) is 14.0. The lowest BCUT2D eigenvalue weighted by molar-refractivity contribution is -0.137. The Kier molecular flexibility index (Phi) is 8.14. The largest absolute Gasteiger partial charge is 0.384 e. The zero-order valence-electron chi connectivity index (χ0n) is 22.6. The Balaban J connectivity index is 1.21. The smallest absolute Gasteiger partial charge is 0.225 e. The van der Waals surface area contributed by atoms with Gasteiger partial charge in [-0.1, -0.05) is 26.0 Å². The molecule has 3 heterocycles. The zero-order chi connectivity index (χ0) is 26.5. The molecule has 0 bridgehead atoms. The van der Waals surface area contributed by atoms with Crippen molar-refractivity contribution < 1.29 is 4.79 Å². The summed E-state index contributed by atoms with van der Waals surface area (Å²) in [5.74, 6) is 0.494. The average molecular weight is 514 g/mol. The molecule has 0 unspecified atom stereocenters. The molecule has 0 spiro atoms. The van der Waals surface area contributed by atoms with E-state index in [1.807, 2.05) is 15.6 Å². The quantitative estimate of drug-likeness (QED) is 0.435. The molecule has 8 heteroatoms. The van der Waals surface area contributed by atoms with E-state index in [2.05, 4.69) is 83.1 Å². The summed E-state index contributed by atoms with van der Waals surface area (Å²) in [4.78, 5) is 17.5. The topological polar surface area (TPSA) is 88.7 Å². The molecule has 2 aromatic heterocycles. The number of aromatic nitrogens is 2. The highest BCUT2D eigenvalue weighted by molar-refractivity contribution is 5.81. The Morgan fingerprint density at radius 1 is 1.03 bits per heavy atom. The number of amides is 1. The average Bonchev–Trinajstić information content (AvgIpc) is 3.40. The van der Waals surface area contributed by atoms with E-state index in [-0.39, 0.29) is 17.7 Å². The molecule has 5 rings (SSSR count). The molecule has 1 aliphatic heterocycles. The molecule has 1 aliphatic carbocycles. The molecule has 1 aromatic carbocycles. The van der Waals surface area contributed by atoms with Crippen molar-refractivity contribution in [3.05, 3.63) is 48.8 Å². The first-order valence-electron chi connectivity index (χ1n) is 14.0. The van der Waals surface area contributed by atoms with Crippen LogP contribution in [0, 0.1) is 23.2 Å². The monoisotopic (exact) mass is 513 g/mol. The van der Waals surface area contributed by atoms with Gasteiger partial charge in [0.15, 0.2) is 0 Å². The second-order valence-electron chi connectivity index (χ2n) is 10.9. The molecule has 3 aromatic rings. The first kappa shape index (κ1) is 26.1. The van der Waals surface area contributed by atoms with E-state index >= 15 is 0 Å². The zero-order valence-corrected chi connectivity index (χ0v) is 22.6. The maximum Gasteiger partial charge on any atom is 0.225 e. The molecule has 2 fully saturated rings. The Hall–Kier alpha value is -3.57. The van der Waals surface area contributed by atoms with E-state index < -0.39 is 0 Å². The van der Waals surface area contributed by atoms with Gasteiger partial charge < -0.3 is 20.4 Å². The van der Waals surface area contributed by atoms with Crippen molar-refractivity contribution in [2.45, 2.75) is 45.6 Å². The van der Waals surface area contributed by atoms with Crippen molar-refractivity contribution in [1.82, 2.24) is 19.8 Å². The van der Waals surface area contributed by atoms with E-state index in [4.69, 9.17) is 5.26 Å². The van der Waals surface area contributed by atoms with Gasteiger partial charge in [0.25, 0.3) is 0 Å². The Bertz CT molecular complexity index is 1260. The number of carbonyl (C=O) groups excluding carboxylic acids is 1. The highest BCUT2D eigenvalue weighted by Gasteiger charge is 2.31. The van der Waals surface area contributed by atoms with E-state index in [0.29, 0.717) is 6.04 Å². The highest BCUT2D eigenvalue weighted by atomic mass is 16.2. The fraction of sp³-hybridized carbons (Fsp3) is 0.500. The normalized spacial score (nSPS) is 20.1. The van der Waals surface area contributed by atoms with Gasteiger partial charge in [-0.15, -0.1) is 0 Å². The summed E-state index contributed by atoms with van der Waals surface area (Å²) in [6.45, 7) is 9.23. The summed E-state index contributed by atoms with van der Waals surface area (Å²) in [7, 11) is 0. The number of rotatable bonds is 8. The van der Waals surface area contributed by atoms with Crippen molar-refractivity contribution in [2.24, 2.45) is 11.8 Å². The van der Waals surface area contributed by atoms with Gasteiger partial charge in [-0.3, -0.25) is 4.79 Å². The third-order valence-electron chi connectivity index (χ3n) is 7.90. The number of nitriles is 1. The molecule has 8 nitrogen and oxygen atoms in total. The number of nitrogens with one attached hydrogen (secondary N) is 2. The molecule has 0 radical (unpaired) electrons. The lowest BCUT2D eigenvalue weighted by Crippen LogP contribution is -2.50. The van der Waals surface area contributed by atoms with E-state index in [0.717, 1.165) is 93.0 Å².